The molecule has 1 rings (SSSR count). The van der Waals surface area contributed by atoms with Gasteiger partial charge in [0.1, 0.15) is 5.75 Å². The molecule has 0 aromatic heterocycles. The van der Waals surface area contributed by atoms with Gasteiger partial charge in [0.15, 0.2) is 0 Å². The molecule has 0 bridgehead atoms. The van der Waals surface area contributed by atoms with Gasteiger partial charge in [0.05, 0.1) is 10.2 Å². The number of ether oxygens (including phenoxy) is 1. The minimum Gasteiger partial charge on any atom is -0.492 e. The Kier molecular flexibility index (Phi) is 5.73. The molecular weight excluding hydrogens is 413 g/mol. The highest BCUT2D eigenvalue weighted by atomic mass is 127. The van der Waals surface area contributed by atoms with Gasteiger partial charge in [0, 0.05) is 9.45 Å². The minimum atomic E-state index is 0.755. The van der Waals surface area contributed by atoms with Crippen molar-refractivity contribution in [1.29, 1.82) is 0 Å². The Morgan fingerprint density at radius 1 is 1.38 bits per heavy atom. The van der Waals surface area contributed by atoms with Gasteiger partial charge < -0.3 is 4.74 Å². The number of hydrogen-bond donors (Lipinski definition) is 0. The summed E-state index contributed by atoms with van der Waals surface area (Å²) >= 11 is 10.4. The van der Waals surface area contributed by atoms with Gasteiger partial charge in [0.25, 0.3) is 0 Å². The first-order valence-corrected chi connectivity index (χ1v) is 6.86. The van der Waals surface area contributed by atoms with Crippen molar-refractivity contribution >= 4 is 56.8 Å². The first kappa shape index (κ1) is 11.8. The second kappa shape index (κ2) is 6.29. The highest BCUT2D eigenvalue weighted by molar-refractivity contribution is 14.1. The van der Waals surface area contributed by atoms with Crippen LogP contribution in [0.3, 0.4) is 0 Å². The van der Waals surface area contributed by atoms with Crippen molar-refractivity contribution in [3.63, 3.8) is 0 Å². The van der Waals surface area contributed by atoms with Gasteiger partial charge in [-0.25, -0.2) is 0 Å². The maximum atomic E-state index is 5.82. The largest absolute Gasteiger partial charge is 0.492 e. The van der Waals surface area contributed by atoms with Gasteiger partial charge in [-0.2, -0.15) is 0 Å². The summed E-state index contributed by atoms with van der Waals surface area (Å²) in [4.78, 5) is 0. The second-order valence-corrected chi connectivity index (χ2v) is 5.14. The molecule has 0 radical (unpaired) electrons. The number of hydrogen-bond acceptors (Lipinski definition) is 1. The van der Waals surface area contributed by atoms with Gasteiger partial charge >= 0.3 is 0 Å². The molecule has 0 atom stereocenters. The van der Waals surface area contributed by atoms with E-state index < -0.39 is 0 Å². The Morgan fingerprint density at radius 2 is 2.15 bits per heavy atom. The molecule has 1 aromatic rings. The number of rotatable bonds is 4. The fraction of sp³-hybridized carbons (Fsp3) is 0.333. The minimum absolute atomic E-state index is 0.755. The van der Waals surface area contributed by atoms with E-state index in [-0.39, 0.29) is 0 Å². The Bertz CT molecular complexity index is 278. The van der Waals surface area contributed by atoms with Crippen molar-refractivity contribution in [3.8, 4) is 5.75 Å². The third-order valence-corrected chi connectivity index (χ3v) is 3.27. The predicted molar refractivity (Wildman–Crippen MR) is 73.2 cm³/mol. The smallest absolute Gasteiger partial charge is 0.132 e. The summed E-state index contributed by atoms with van der Waals surface area (Å²) in [5, 5.41) is 0.755. The average Bonchev–Trinajstić information content (AvgIpc) is 2.09. The van der Waals surface area contributed by atoms with Crippen molar-refractivity contribution in [2.45, 2.75) is 6.42 Å². The molecule has 0 saturated heterocycles. The first-order valence-electron chi connectivity index (χ1n) is 3.88. The predicted octanol–water partition coefficient (Wildman–Crippen LogP) is 4.15. The monoisotopic (exact) mass is 422 g/mol. The molecule has 0 aliphatic rings. The normalized spacial score (nSPS) is 10.1. The van der Waals surface area contributed by atoms with Gasteiger partial charge in [0.2, 0.25) is 0 Å². The van der Waals surface area contributed by atoms with Crippen molar-refractivity contribution in [3.05, 3.63) is 26.8 Å². The Balaban J connectivity index is 2.56. The van der Waals surface area contributed by atoms with E-state index in [0.29, 0.717) is 0 Å². The van der Waals surface area contributed by atoms with E-state index in [0.717, 1.165) is 31.8 Å². The van der Waals surface area contributed by atoms with Crippen LogP contribution >= 0.6 is 56.8 Å². The number of benzene rings is 1. The lowest BCUT2D eigenvalue weighted by Gasteiger charge is -2.06. The third-order valence-electron chi connectivity index (χ3n) is 1.43. The van der Waals surface area contributed by atoms with Crippen LogP contribution in [0.5, 0.6) is 5.75 Å². The Morgan fingerprint density at radius 3 is 2.77 bits per heavy atom. The molecule has 0 spiro atoms. The van der Waals surface area contributed by atoms with Crippen molar-refractivity contribution in [2.24, 2.45) is 0 Å². The van der Waals surface area contributed by atoms with E-state index in [2.05, 4.69) is 45.2 Å². The van der Waals surface area contributed by atoms with Crippen LogP contribution in [-0.2, 0) is 0 Å². The second-order valence-electron chi connectivity index (χ2n) is 2.47. The van der Waals surface area contributed by atoms with Crippen molar-refractivity contribution < 1.29 is 4.74 Å². The lowest BCUT2D eigenvalue weighted by atomic mass is 10.3. The van der Waals surface area contributed by atoms with Gasteiger partial charge in [-0.3, -0.25) is 0 Å². The molecule has 72 valence electrons. The summed E-state index contributed by atoms with van der Waals surface area (Å²) in [6, 6.07) is 5.67. The van der Waals surface area contributed by atoms with Crippen molar-refractivity contribution in [1.82, 2.24) is 0 Å². The summed E-state index contributed by atoms with van der Waals surface area (Å²) in [6.07, 6.45) is 1.08. The molecule has 4 heteroatoms. The lowest BCUT2D eigenvalue weighted by Crippen LogP contribution is -1.98. The molecule has 0 saturated carbocycles. The zero-order valence-corrected chi connectivity index (χ0v) is 12.0. The van der Waals surface area contributed by atoms with Crippen molar-refractivity contribution in [2.75, 3.05) is 11.0 Å². The van der Waals surface area contributed by atoms with Crippen LogP contribution in [0.4, 0.5) is 0 Å². The van der Waals surface area contributed by atoms with Crippen LogP contribution in [0.1, 0.15) is 6.42 Å². The van der Waals surface area contributed by atoms with E-state index >= 15 is 0 Å². The fourth-order valence-electron chi connectivity index (χ4n) is 0.829. The highest BCUT2D eigenvalue weighted by Crippen LogP contribution is 2.24. The van der Waals surface area contributed by atoms with E-state index in [4.69, 9.17) is 16.3 Å². The molecule has 0 unspecified atom stereocenters. The zero-order valence-electron chi connectivity index (χ0n) is 6.90. The SMILES string of the molecule is Clc1ccc(OCCCI)c(I)c1. The van der Waals surface area contributed by atoms with Gasteiger partial charge in [-0.1, -0.05) is 34.2 Å². The molecular formula is C9H9ClI2O. The molecule has 1 aromatic carbocycles. The molecule has 0 aliphatic carbocycles. The number of halogens is 3. The quantitative estimate of drug-likeness (QED) is 0.403. The van der Waals surface area contributed by atoms with E-state index in [1.54, 1.807) is 0 Å². The Labute approximate surface area is 110 Å². The van der Waals surface area contributed by atoms with Crippen LogP contribution in [0.2, 0.25) is 5.02 Å². The molecule has 1 nitrogen and oxygen atoms in total. The maximum Gasteiger partial charge on any atom is 0.132 e. The summed E-state index contributed by atoms with van der Waals surface area (Å²) in [6.45, 7) is 0.778. The molecule has 0 aliphatic heterocycles. The standard InChI is InChI=1S/C9H9ClI2O/c10-7-2-3-9(8(12)6-7)13-5-1-4-11/h2-3,6H,1,4-5H2. The third kappa shape index (κ3) is 4.20. The van der Waals surface area contributed by atoms with Crippen LogP contribution in [-0.4, -0.2) is 11.0 Å². The molecule has 0 heterocycles. The lowest BCUT2D eigenvalue weighted by molar-refractivity contribution is 0.317. The average molecular weight is 422 g/mol. The highest BCUT2D eigenvalue weighted by Gasteiger charge is 2.00. The Hall–Kier alpha value is 0.770. The van der Waals surface area contributed by atoms with Gasteiger partial charge in [-0.05, 0) is 47.2 Å². The summed E-state index contributed by atoms with van der Waals surface area (Å²) < 4.78 is 7.76. The van der Waals surface area contributed by atoms with Gasteiger partial charge in [-0.15, -0.1) is 0 Å². The maximum absolute atomic E-state index is 5.82. The summed E-state index contributed by atoms with van der Waals surface area (Å²) in [7, 11) is 0. The van der Waals surface area contributed by atoms with Crippen LogP contribution < -0.4 is 4.74 Å². The molecule has 0 N–H and O–H groups in total. The fourth-order valence-corrected chi connectivity index (χ4v) is 2.17. The number of alkyl halides is 1. The summed E-state index contributed by atoms with van der Waals surface area (Å²) in [5.41, 5.74) is 0. The van der Waals surface area contributed by atoms with E-state index in [1.807, 2.05) is 18.2 Å². The molecule has 0 fully saturated rings. The van der Waals surface area contributed by atoms with E-state index in [9.17, 15) is 0 Å². The topological polar surface area (TPSA) is 9.23 Å². The van der Waals surface area contributed by atoms with Crippen LogP contribution in [0.15, 0.2) is 18.2 Å². The first-order chi connectivity index (χ1) is 6.24. The zero-order chi connectivity index (χ0) is 9.68. The van der Waals surface area contributed by atoms with Crippen LogP contribution in [0, 0.1) is 3.57 Å². The molecule has 13 heavy (non-hydrogen) atoms. The van der Waals surface area contributed by atoms with Crippen LogP contribution in [0.25, 0.3) is 0 Å². The van der Waals surface area contributed by atoms with E-state index in [1.165, 1.54) is 0 Å². The molecule has 0 amide bonds. The summed E-state index contributed by atoms with van der Waals surface area (Å²) in [5.74, 6) is 0.926.